The van der Waals surface area contributed by atoms with E-state index < -0.39 is 15.7 Å². The first kappa shape index (κ1) is 19.7. The lowest BCUT2D eigenvalue weighted by molar-refractivity contribution is 0.0954. The van der Waals surface area contributed by atoms with Gasteiger partial charge in [-0.15, -0.1) is 0 Å². The highest BCUT2D eigenvalue weighted by Crippen LogP contribution is 2.17. The topological polar surface area (TPSA) is 92.3 Å². The maximum atomic E-state index is 12.5. The second-order valence-electron chi connectivity index (χ2n) is 6.03. The Labute approximate surface area is 153 Å². The highest BCUT2D eigenvalue weighted by Gasteiger charge is 2.14. The molecule has 0 atom stereocenters. The molecule has 2 aromatic rings. The summed E-state index contributed by atoms with van der Waals surface area (Å²) in [6.07, 6.45) is 1.96. The summed E-state index contributed by atoms with van der Waals surface area (Å²) in [5.74, 6) is -0.797. The minimum absolute atomic E-state index is 0.135. The van der Waals surface area contributed by atoms with Gasteiger partial charge >= 0.3 is 0 Å². The van der Waals surface area contributed by atoms with E-state index in [1.165, 1.54) is 6.07 Å². The molecule has 7 heteroatoms. The molecule has 2 aromatic carbocycles. The maximum absolute atomic E-state index is 12.5. The number of rotatable bonds is 7. The average molecular weight is 374 g/mol. The van der Waals surface area contributed by atoms with Crippen molar-refractivity contribution < 1.29 is 18.0 Å². The molecule has 2 rings (SSSR count). The van der Waals surface area contributed by atoms with Crippen LogP contribution >= 0.6 is 0 Å². The molecule has 0 heterocycles. The Morgan fingerprint density at radius 3 is 2.42 bits per heavy atom. The summed E-state index contributed by atoms with van der Waals surface area (Å²) in [6.45, 7) is 2.51. The molecule has 0 aliphatic carbocycles. The highest BCUT2D eigenvalue weighted by atomic mass is 32.2. The van der Waals surface area contributed by atoms with Crippen LogP contribution in [0, 0.1) is 0 Å². The quantitative estimate of drug-likeness (QED) is 0.779. The summed E-state index contributed by atoms with van der Waals surface area (Å²) in [4.78, 5) is 24.8. The van der Waals surface area contributed by atoms with Crippen LogP contribution in [0.3, 0.4) is 0 Å². The number of sulfone groups is 1. The summed E-state index contributed by atoms with van der Waals surface area (Å²) in [5.41, 5.74) is 1.64. The Hall–Kier alpha value is -2.67. The van der Waals surface area contributed by atoms with Crippen molar-refractivity contribution >= 4 is 27.3 Å². The molecule has 26 heavy (non-hydrogen) atoms. The van der Waals surface area contributed by atoms with E-state index >= 15 is 0 Å². The van der Waals surface area contributed by atoms with Crippen molar-refractivity contribution in [2.24, 2.45) is 0 Å². The first-order valence-electron chi connectivity index (χ1n) is 8.25. The molecule has 0 aliphatic heterocycles. The van der Waals surface area contributed by atoms with E-state index in [-0.39, 0.29) is 11.7 Å². The Bertz CT molecular complexity index is 907. The molecule has 0 aromatic heterocycles. The highest BCUT2D eigenvalue weighted by molar-refractivity contribution is 7.89. The normalized spacial score (nSPS) is 11.0. The van der Waals surface area contributed by atoms with Gasteiger partial charge in [0.1, 0.15) is 0 Å². The van der Waals surface area contributed by atoms with Gasteiger partial charge in [0.2, 0.25) is 0 Å². The van der Waals surface area contributed by atoms with Crippen molar-refractivity contribution in [2.75, 3.05) is 18.1 Å². The van der Waals surface area contributed by atoms with Gasteiger partial charge in [0.25, 0.3) is 11.8 Å². The molecule has 6 nitrogen and oxygen atoms in total. The van der Waals surface area contributed by atoms with E-state index in [1.807, 2.05) is 6.92 Å². The van der Waals surface area contributed by atoms with Gasteiger partial charge in [-0.2, -0.15) is 0 Å². The molecular weight excluding hydrogens is 352 g/mol. The van der Waals surface area contributed by atoms with Crippen LogP contribution < -0.4 is 10.6 Å². The van der Waals surface area contributed by atoms with Gasteiger partial charge in [0, 0.05) is 18.4 Å². The number of carbonyl (C=O) groups is 2. The fourth-order valence-corrected chi connectivity index (χ4v) is 3.21. The zero-order valence-corrected chi connectivity index (χ0v) is 15.6. The van der Waals surface area contributed by atoms with Gasteiger partial charge in [-0.05, 0) is 36.2 Å². The van der Waals surface area contributed by atoms with E-state index in [4.69, 9.17) is 0 Å². The van der Waals surface area contributed by atoms with Crippen LogP contribution in [0.2, 0.25) is 0 Å². The standard InChI is InChI=1S/C19H22N2O4S/c1-3-11-20-19(23)16-9-4-5-10-17(16)21-18(22)15-8-6-7-14(12-15)13-26(2,24)25/h4-10,12H,3,11,13H2,1-2H3,(H,20,23)(H,21,22). The van der Waals surface area contributed by atoms with E-state index in [0.717, 1.165) is 12.7 Å². The molecule has 0 aliphatic rings. The Balaban J connectivity index is 2.20. The monoisotopic (exact) mass is 374 g/mol. The molecular formula is C19H22N2O4S. The Kier molecular flexibility index (Phi) is 6.52. The van der Waals surface area contributed by atoms with Gasteiger partial charge in [0.05, 0.1) is 17.0 Å². The van der Waals surface area contributed by atoms with Gasteiger partial charge in [-0.25, -0.2) is 8.42 Å². The number of para-hydroxylation sites is 1. The van der Waals surface area contributed by atoms with Gasteiger partial charge in [-0.3, -0.25) is 9.59 Å². The summed E-state index contributed by atoms with van der Waals surface area (Å²) < 4.78 is 22.9. The van der Waals surface area contributed by atoms with Gasteiger partial charge < -0.3 is 10.6 Å². The van der Waals surface area contributed by atoms with Crippen molar-refractivity contribution in [3.8, 4) is 0 Å². The zero-order valence-electron chi connectivity index (χ0n) is 14.8. The second-order valence-corrected chi connectivity index (χ2v) is 8.17. The molecule has 0 fully saturated rings. The molecule has 0 unspecified atom stereocenters. The summed E-state index contributed by atoms with van der Waals surface area (Å²) in [7, 11) is -3.19. The van der Waals surface area contributed by atoms with Gasteiger partial charge in [-0.1, -0.05) is 31.2 Å². The molecule has 0 bridgehead atoms. The lowest BCUT2D eigenvalue weighted by Crippen LogP contribution is -2.25. The van der Waals surface area contributed by atoms with E-state index in [1.54, 1.807) is 42.5 Å². The van der Waals surface area contributed by atoms with Crippen molar-refractivity contribution in [1.82, 2.24) is 5.32 Å². The van der Waals surface area contributed by atoms with Crippen LogP contribution in [-0.2, 0) is 15.6 Å². The van der Waals surface area contributed by atoms with Crippen LogP contribution in [0.15, 0.2) is 48.5 Å². The Morgan fingerprint density at radius 2 is 1.73 bits per heavy atom. The minimum atomic E-state index is -3.19. The third-order valence-electron chi connectivity index (χ3n) is 3.57. The third-order valence-corrected chi connectivity index (χ3v) is 4.43. The lowest BCUT2D eigenvalue weighted by atomic mass is 10.1. The summed E-state index contributed by atoms with van der Waals surface area (Å²) >= 11 is 0. The van der Waals surface area contributed by atoms with Crippen LogP contribution in [0.25, 0.3) is 0 Å². The van der Waals surface area contributed by atoms with Crippen molar-refractivity contribution in [3.05, 3.63) is 65.2 Å². The number of hydrogen-bond donors (Lipinski definition) is 2. The summed E-state index contributed by atoms with van der Waals surface area (Å²) in [5, 5.41) is 5.50. The molecule has 138 valence electrons. The number of carbonyl (C=O) groups excluding carboxylic acids is 2. The minimum Gasteiger partial charge on any atom is -0.352 e. The largest absolute Gasteiger partial charge is 0.352 e. The second kappa shape index (κ2) is 8.62. The van der Waals surface area contributed by atoms with Gasteiger partial charge in [0.15, 0.2) is 9.84 Å². The van der Waals surface area contributed by atoms with Crippen molar-refractivity contribution in [3.63, 3.8) is 0 Å². The number of anilines is 1. The number of benzene rings is 2. The SMILES string of the molecule is CCCNC(=O)c1ccccc1NC(=O)c1cccc(CS(C)(=O)=O)c1. The van der Waals surface area contributed by atoms with E-state index in [0.29, 0.717) is 28.9 Å². The van der Waals surface area contributed by atoms with Crippen LogP contribution in [0.4, 0.5) is 5.69 Å². The lowest BCUT2D eigenvalue weighted by Gasteiger charge is -2.11. The maximum Gasteiger partial charge on any atom is 0.255 e. The van der Waals surface area contributed by atoms with Crippen molar-refractivity contribution in [1.29, 1.82) is 0 Å². The summed E-state index contributed by atoms with van der Waals surface area (Å²) in [6, 6.07) is 13.2. The van der Waals surface area contributed by atoms with Crippen molar-refractivity contribution in [2.45, 2.75) is 19.1 Å². The fourth-order valence-electron chi connectivity index (χ4n) is 2.42. The first-order chi connectivity index (χ1) is 12.3. The first-order valence-corrected chi connectivity index (χ1v) is 10.3. The predicted octanol–water partition coefficient (Wildman–Crippen LogP) is 2.62. The smallest absolute Gasteiger partial charge is 0.255 e. The van der Waals surface area contributed by atoms with Crippen LogP contribution in [0.5, 0.6) is 0 Å². The molecule has 0 radical (unpaired) electrons. The number of nitrogens with one attached hydrogen (secondary N) is 2. The third kappa shape index (κ3) is 5.70. The average Bonchev–Trinajstić information content (AvgIpc) is 2.59. The van der Waals surface area contributed by atoms with Crippen LogP contribution in [0.1, 0.15) is 39.6 Å². The van der Waals surface area contributed by atoms with E-state index in [2.05, 4.69) is 10.6 Å². The fraction of sp³-hybridized carbons (Fsp3) is 0.263. The molecule has 2 amide bonds. The van der Waals surface area contributed by atoms with E-state index in [9.17, 15) is 18.0 Å². The number of hydrogen-bond acceptors (Lipinski definition) is 4. The zero-order chi connectivity index (χ0) is 19.2. The molecule has 0 saturated heterocycles. The predicted molar refractivity (Wildman–Crippen MR) is 102 cm³/mol. The number of amides is 2. The molecule has 0 saturated carbocycles. The van der Waals surface area contributed by atoms with Crippen LogP contribution in [-0.4, -0.2) is 33.0 Å². The molecule has 0 spiro atoms. The molecule has 2 N–H and O–H groups in total. The Morgan fingerprint density at radius 1 is 1.00 bits per heavy atom.